The van der Waals surface area contributed by atoms with Gasteiger partial charge in [-0.05, 0) is 12.8 Å². The smallest absolute Gasteiger partial charge is 0.450 e. The van der Waals surface area contributed by atoms with E-state index in [1.165, 1.54) is 0 Å². The summed E-state index contributed by atoms with van der Waals surface area (Å²) < 4.78 is 0. The molecule has 2 aliphatic heterocycles. The normalized spacial score (nSPS) is 17.6. The van der Waals surface area contributed by atoms with Crippen LogP contribution in [0, 0.1) is 0 Å². The van der Waals surface area contributed by atoms with Gasteiger partial charge in [0.05, 0.1) is 0 Å². The highest BCUT2D eigenvalue weighted by Crippen LogP contribution is 2.00. The first-order chi connectivity index (χ1) is 9.31. The summed E-state index contributed by atoms with van der Waals surface area (Å²) in [5.74, 6) is -0.551. The molecule has 0 aliphatic carbocycles. The molecule has 20 heavy (non-hydrogen) atoms. The van der Waals surface area contributed by atoms with Crippen LogP contribution >= 0.6 is 0 Å². The van der Waals surface area contributed by atoms with Crippen LogP contribution in [0.4, 0.5) is 4.79 Å². The second-order valence-corrected chi connectivity index (χ2v) is 3.93. The predicted molar refractivity (Wildman–Crippen MR) is 64.7 cm³/mol. The van der Waals surface area contributed by atoms with Gasteiger partial charge in [-0.25, -0.2) is 4.79 Å². The molecule has 0 spiro atoms. The zero-order chi connectivity index (χ0) is 15.5. The Morgan fingerprint density at radius 1 is 0.700 bits per heavy atom. The Hall–Kier alpha value is -2.45. The van der Waals surface area contributed by atoms with Crippen molar-refractivity contribution in [3.8, 4) is 0 Å². The summed E-state index contributed by atoms with van der Waals surface area (Å²) in [6.07, 6.45) is 1.62. The van der Waals surface area contributed by atoms with E-state index in [9.17, 15) is 19.2 Å². The topological polar surface area (TPSA) is 150 Å². The highest BCUT2D eigenvalue weighted by atomic mass is 16.6. The number of amides is 4. The van der Waals surface area contributed by atoms with Crippen LogP contribution in [0.15, 0.2) is 0 Å². The summed E-state index contributed by atoms with van der Waals surface area (Å²) in [6.45, 7) is 0. The maximum absolute atomic E-state index is 10.3. The third-order valence-electron chi connectivity index (χ3n) is 2.17. The number of piperidine rings is 2. The van der Waals surface area contributed by atoms with E-state index in [-0.39, 0.29) is 23.6 Å². The fourth-order valence-corrected chi connectivity index (χ4v) is 1.38. The van der Waals surface area contributed by atoms with Crippen LogP contribution in [0.3, 0.4) is 0 Å². The predicted octanol–water partition coefficient (Wildman–Crippen LogP) is -0.151. The van der Waals surface area contributed by atoms with E-state index in [1.54, 1.807) is 0 Å². The van der Waals surface area contributed by atoms with Gasteiger partial charge in [0.2, 0.25) is 23.6 Å². The molecule has 2 saturated heterocycles. The molecule has 9 nitrogen and oxygen atoms in total. The van der Waals surface area contributed by atoms with Crippen molar-refractivity contribution in [2.75, 3.05) is 0 Å². The Kier molecular flexibility index (Phi) is 8.32. The number of carbonyl (C=O) groups excluding carboxylic acids is 4. The van der Waals surface area contributed by atoms with Gasteiger partial charge >= 0.3 is 6.16 Å². The van der Waals surface area contributed by atoms with Crippen LogP contribution in [0.25, 0.3) is 0 Å². The highest BCUT2D eigenvalue weighted by Gasteiger charge is 2.13. The molecule has 4 amide bonds. The summed E-state index contributed by atoms with van der Waals surface area (Å²) >= 11 is 0. The number of nitrogens with one attached hydrogen (secondary N) is 2. The number of imide groups is 2. The lowest BCUT2D eigenvalue weighted by atomic mass is 10.1. The number of hydrogen-bond acceptors (Lipinski definition) is 5. The van der Waals surface area contributed by atoms with Crippen molar-refractivity contribution in [3.05, 3.63) is 0 Å². The molecule has 4 N–H and O–H groups in total. The fourth-order valence-electron chi connectivity index (χ4n) is 1.38. The summed E-state index contributed by atoms with van der Waals surface area (Å²) in [5.41, 5.74) is 0. The maximum atomic E-state index is 10.3. The molecule has 2 aliphatic rings. The van der Waals surface area contributed by atoms with Gasteiger partial charge in [-0.3, -0.25) is 29.8 Å². The molecule has 2 heterocycles. The van der Waals surface area contributed by atoms with Crippen LogP contribution in [0.1, 0.15) is 38.5 Å². The Balaban J connectivity index is 0.000000289. The van der Waals surface area contributed by atoms with Crippen molar-refractivity contribution >= 4 is 29.8 Å². The zero-order valence-corrected chi connectivity index (χ0v) is 10.7. The van der Waals surface area contributed by atoms with Gasteiger partial charge in [-0.15, -0.1) is 0 Å². The SMILES string of the molecule is O=C(O)O.O=C1CCCC(=O)N1.O=C1CCCC(=O)N1. The molecular formula is C11H16N2O7. The van der Waals surface area contributed by atoms with Gasteiger partial charge in [0.15, 0.2) is 0 Å². The lowest BCUT2D eigenvalue weighted by Gasteiger charge is -2.07. The fraction of sp³-hybridized carbons (Fsp3) is 0.545. The number of carbonyl (C=O) groups is 5. The van der Waals surface area contributed by atoms with Crippen LogP contribution < -0.4 is 10.6 Å². The monoisotopic (exact) mass is 288 g/mol. The number of hydrogen-bond donors (Lipinski definition) is 4. The van der Waals surface area contributed by atoms with E-state index < -0.39 is 6.16 Å². The van der Waals surface area contributed by atoms with Crippen LogP contribution in [-0.4, -0.2) is 40.0 Å². The first kappa shape index (κ1) is 17.6. The average molecular weight is 288 g/mol. The van der Waals surface area contributed by atoms with Gasteiger partial charge in [-0.1, -0.05) is 0 Å². The maximum Gasteiger partial charge on any atom is 0.503 e. The minimum absolute atomic E-state index is 0.138. The van der Waals surface area contributed by atoms with Crippen LogP contribution in [0.5, 0.6) is 0 Å². The van der Waals surface area contributed by atoms with Crippen molar-refractivity contribution < 1.29 is 34.2 Å². The average Bonchev–Trinajstić information content (AvgIpc) is 2.28. The van der Waals surface area contributed by atoms with Crippen LogP contribution in [-0.2, 0) is 19.2 Å². The van der Waals surface area contributed by atoms with Gasteiger partial charge in [0, 0.05) is 25.7 Å². The first-order valence-electron chi connectivity index (χ1n) is 5.88. The van der Waals surface area contributed by atoms with Crippen molar-refractivity contribution in [1.29, 1.82) is 0 Å². The third-order valence-corrected chi connectivity index (χ3v) is 2.17. The molecule has 0 unspecified atom stereocenters. The summed E-state index contributed by atoms with van der Waals surface area (Å²) in [6, 6.07) is 0. The molecule has 2 rings (SSSR count). The van der Waals surface area contributed by atoms with E-state index in [0.29, 0.717) is 38.5 Å². The Morgan fingerprint density at radius 3 is 1.00 bits per heavy atom. The van der Waals surface area contributed by atoms with E-state index >= 15 is 0 Å². The van der Waals surface area contributed by atoms with Crippen molar-refractivity contribution in [3.63, 3.8) is 0 Å². The second kappa shape index (κ2) is 9.48. The highest BCUT2D eigenvalue weighted by molar-refractivity contribution is 5.97. The van der Waals surface area contributed by atoms with E-state index in [2.05, 4.69) is 10.6 Å². The minimum Gasteiger partial charge on any atom is -0.450 e. The Morgan fingerprint density at radius 2 is 0.900 bits per heavy atom. The number of rotatable bonds is 0. The zero-order valence-electron chi connectivity index (χ0n) is 10.7. The van der Waals surface area contributed by atoms with Crippen molar-refractivity contribution in [2.24, 2.45) is 0 Å². The largest absolute Gasteiger partial charge is 0.503 e. The molecule has 0 aromatic rings. The molecule has 112 valence electrons. The molecule has 2 fully saturated rings. The molecular weight excluding hydrogens is 272 g/mol. The van der Waals surface area contributed by atoms with Crippen molar-refractivity contribution in [1.82, 2.24) is 10.6 Å². The minimum atomic E-state index is -1.83. The van der Waals surface area contributed by atoms with Crippen molar-refractivity contribution in [2.45, 2.75) is 38.5 Å². The van der Waals surface area contributed by atoms with Gasteiger partial charge in [0.1, 0.15) is 0 Å². The van der Waals surface area contributed by atoms with Gasteiger partial charge in [0.25, 0.3) is 0 Å². The molecule has 0 atom stereocenters. The molecule has 0 bridgehead atoms. The standard InChI is InChI=1S/2C5H7NO2.CH2O3/c2*7-4-2-1-3-5(8)6-4;2-1(3)4/h2*1-3H2,(H,6,7,8);(H2,2,3,4). The first-order valence-corrected chi connectivity index (χ1v) is 5.88. The quantitative estimate of drug-likeness (QED) is 0.452. The molecule has 0 aromatic heterocycles. The summed E-state index contributed by atoms with van der Waals surface area (Å²) in [5, 5.41) is 18.3. The van der Waals surface area contributed by atoms with E-state index in [1.807, 2.05) is 0 Å². The van der Waals surface area contributed by atoms with E-state index in [4.69, 9.17) is 15.0 Å². The summed E-state index contributed by atoms with van der Waals surface area (Å²) in [4.78, 5) is 49.9. The Labute approximate surface area is 114 Å². The lowest BCUT2D eigenvalue weighted by molar-refractivity contribution is -0.134. The lowest BCUT2D eigenvalue weighted by Crippen LogP contribution is -2.33. The van der Waals surface area contributed by atoms with E-state index in [0.717, 1.165) is 0 Å². The Bertz CT molecular complexity index is 342. The molecule has 0 aromatic carbocycles. The van der Waals surface area contributed by atoms with Crippen LogP contribution in [0.2, 0.25) is 0 Å². The molecule has 9 heteroatoms. The van der Waals surface area contributed by atoms with Gasteiger partial charge < -0.3 is 10.2 Å². The molecule has 0 radical (unpaired) electrons. The van der Waals surface area contributed by atoms with Gasteiger partial charge in [-0.2, -0.15) is 0 Å². The number of carboxylic acid groups (broad SMARTS) is 2. The summed E-state index contributed by atoms with van der Waals surface area (Å²) in [7, 11) is 0. The second-order valence-electron chi connectivity index (χ2n) is 3.93. The molecule has 0 saturated carbocycles. The third kappa shape index (κ3) is 10.7.